The summed E-state index contributed by atoms with van der Waals surface area (Å²) < 4.78 is 5.41. The molecule has 0 aromatic carbocycles. The summed E-state index contributed by atoms with van der Waals surface area (Å²) in [4.78, 5) is 12.1. The lowest BCUT2D eigenvalue weighted by atomic mass is 9.92. The standard InChI is InChI=1S/C17H34N2O2/c1-7-14(13-10-11-13)18-12-17(8-2,9-3)19-15(20)21-16(4,5)6/h13-14,18H,7-12H2,1-6H3,(H,19,20). The number of hydrogen-bond acceptors (Lipinski definition) is 3. The smallest absolute Gasteiger partial charge is 0.408 e. The molecule has 1 fully saturated rings. The maximum atomic E-state index is 12.1. The molecular formula is C17H34N2O2. The molecule has 0 saturated heterocycles. The van der Waals surface area contributed by atoms with Gasteiger partial charge in [0, 0.05) is 12.6 Å². The first kappa shape index (κ1) is 18.3. The van der Waals surface area contributed by atoms with Crippen LogP contribution >= 0.6 is 0 Å². The van der Waals surface area contributed by atoms with Gasteiger partial charge in [-0.05, 0) is 58.8 Å². The molecule has 4 heteroatoms. The number of carbonyl (C=O) groups is 1. The molecule has 1 atom stereocenters. The van der Waals surface area contributed by atoms with E-state index in [1.165, 1.54) is 12.8 Å². The summed E-state index contributed by atoms with van der Waals surface area (Å²) >= 11 is 0. The average Bonchev–Trinajstić information content (AvgIpc) is 3.20. The lowest BCUT2D eigenvalue weighted by Crippen LogP contribution is -2.56. The molecule has 0 aliphatic heterocycles. The first-order valence-corrected chi connectivity index (χ1v) is 8.49. The minimum Gasteiger partial charge on any atom is -0.444 e. The summed E-state index contributed by atoms with van der Waals surface area (Å²) in [6.45, 7) is 13.0. The van der Waals surface area contributed by atoms with Crippen LogP contribution in [0.2, 0.25) is 0 Å². The van der Waals surface area contributed by atoms with Gasteiger partial charge in [-0.2, -0.15) is 0 Å². The van der Waals surface area contributed by atoms with Crippen LogP contribution in [0, 0.1) is 5.92 Å². The van der Waals surface area contributed by atoms with E-state index < -0.39 is 5.60 Å². The number of ether oxygens (including phenoxy) is 1. The largest absolute Gasteiger partial charge is 0.444 e. The van der Waals surface area contributed by atoms with Crippen LogP contribution < -0.4 is 10.6 Å². The highest BCUT2D eigenvalue weighted by atomic mass is 16.6. The molecule has 1 unspecified atom stereocenters. The minimum atomic E-state index is -0.454. The number of hydrogen-bond donors (Lipinski definition) is 2. The zero-order valence-electron chi connectivity index (χ0n) is 14.7. The minimum absolute atomic E-state index is 0.218. The van der Waals surface area contributed by atoms with Crippen molar-refractivity contribution in [1.82, 2.24) is 10.6 Å². The van der Waals surface area contributed by atoms with Crippen LogP contribution in [0.5, 0.6) is 0 Å². The first-order chi connectivity index (χ1) is 9.75. The van der Waals surface area contributed by atoms with Crippen molar-refractivity contribution in [2.75, 3.05) is 6.54 Å². The van der Waals surface area contributed by atoms with E-state index in [-0.39, 0.29) is 11.6 Å². The van der Waals surface area contributed by atoms with Crippen molar-refractivity contribution in [3.05, 3.63) is 0 Å². The number of nitrogens with one attached hydrogen (secondary N) is 2. The Kier molecular flexibility index (Phi) is 6.51. The van der Waals surface area contributed by atoms with Gasteiger partial charge in [-0.15, -0.1) is 0 Å². The van der Waals surface area contributed by atoms with Crippen LogP contribution in [0.4, 0.5) is 4.79 Å². The van der Waals surface area contributed by atoms with E-state index in [4.69, 9.17) is 4.74 Å². The second-order valence-corrected chi connectivity index (χ2v) is 7.35. The van der Waals surface area contributed by atoms with Gasteiger partial charge in [-0.3, -0.25) is 0 Å². The molecule has 1 saturated carbocycles. The normalized spacial score (nSPS) is 17.4. The fourth-order valence-electron chi connectivity index (χ4n) is 2.71. The van der Waals surface area contributed by atoms with E-state index in [1.54, 1.807) is 0 Å². The van der Waals surface area contributed by atoms with Crippen LogP contribution in [-0.4, -0.2) is 29.8 Å². The maximum Gasteiger partial charge on any atom is 0.408 e. The zero-order chi connectivity index (χ0) is 16.1. The molecular weight excluding hydrogens is 264 g/mol. The van der Waals surface area contributed by atoms with Gasteiger partial charge in [0.15, 0.2) is 0 Å². The summed E-state index contributed by atoms with van der Waals surface area (Å²) in [5.41, 5.74) is -0.671. The summed E-state index contributed by atoms with van der Waals surface area (Å²) in [5.74, 6) is 0.836. The molecule has 0 bridgehead atoms. The predicted octanol–water partition coefficient (Wildman–Crippen LogP) is 3.85. The van der Waals surface area contributed by atoms with Crippen molar-refractivity contribution in [3.63, 3.8) is 0 Å². The second kappa shape index (κ2) is 7.48. The van der Waals surface area contributed by atoms with Crippen molar-refractivity contribution in [3.8, 4) is 0 Å². The number of carbonyl (C=O) groups excluding carboxylic acids is 1. The molecule has 124 valence electrons. The highest BCUT2D eigenvalue weighted by molar-refractivity contribution is 5.68. The van der Waals surface area contributed by atoms with E-state index in [1.807, 2.05) is 20.8 Å². The number of rotatable bonds is 8. The molecule has 0 radical (unpaired) electrons. The Hall–Kier alpha value is -0.770. The molecule has 1 rings (SSSR count). The zero-order valence-corrected chi connectivity index (χ0v) is 14.7. The van der Waals surface area contributed by atoms with Gasteiger partial charge < -0.3 is 15.4 Å². The van der Waals surface area contributed by atoms with E-state index >= 15 is 0 Å². The lowest BCUT2D eigenvalue weighted by molar-refractivity contribution is 0.0443. The van der Waals surface area contributed by atoms with Crippen LogP contribution in [0.1, 0.15) is 73.6 Å². The predicted molar refractivity (Wildman–Crippen MR) is 87.5 cm³/mol. The van der Waals surface area contributed by atoms with Gasteiger partial charge in [0.2, 0.25) is 0 Å². The van der Waals surface area contributed by atoms with E-state index in [2.05, 4.69) is 31.4 Å². The van der Waals surface area contributed by atoms with Crippen molar-refractivity contribution in [2.45, 2.75) is 90.8 Å². The molecule has 1 aliphatic carbocycles. The summed E-state index contributed by atoms with van der Waals surface area (Å²) in [6, 6.07) is 0.586. The monoisotopic (exact) mass is 298 g/mol. The van der Waals surface area contributed by atoms with Crippen molar-refractivity contribution in [1.29, 1.82) is 0 Å². The van der Waals surface area contributed by atoms with Gasteiger partial charge in [0.25, 0.3) is 0 Å². The molecule has 1 amide bonds. The first-order valence-electron chi connectivity index (χ1n) is 8.49. The molecule has 0 spiro atoms. The van der Waals surface area contributed by atoms with Gasteiger partial charge in [0.1, 0.15) is 5.60 Å². The SMILES string of the molecule is CCC(NCC(CC)(CC)NC(=O)OC(C)(C)C)C1CC1. The van der Waals surface area contributed by atoms with Crippen molar-refractivity contribution in [2.24, 2.45) is 5.92 Å². The number of amides is 1. The van der Waals surface area contributed by atoms with Gasteiger partial charge in [-0.25, -0.2) is 4.79 Å². The third-order valence-electron chi connectivity index (χ3n) is 4.45. The molecule has 4 nitrogen and oxygen atoms in total. The van der Waals surface area contributed by atoms with Crippen LogP contribution in [0.25, 0.3) is 0 Å². The van der Waals surface area contributed by atoms with Crippen LogP contribution in [-0.2, 0) is 4.74 Å². The Labute approximate surface area is 130 Å². The fraction of sp³-hybridized carbons (Fsp3) is 0.941. The molecule has 0 aromatic heterocycles. The summed E-state index contributed by atoms with van der Waals surface area (Å²) in [5, 5.41) is 6.77. The maximum absolute atomic E-state index is 12.1. The third kappa shape index (κ3) is 6.25. The van der Waals surface area contributed by atoms with E-state index in [0.717, 1.165) is 31.7 Å². The molecule has 1 aliphatic rings. The van der Waals surface area contributed by atoms with Gasteiger partial charge in [0.05, 0.1) is 5.54 Å². The van der Waals surface area contributed by atoms with Crippen LogP contribution in [0.15, 0.2) is 0 Å². The Balaban J connectivity index is 2.57. The Morgan fingerprint density at radius 1 is 1.19 bits per heavy atom. The van der Waals surface area contributed by atoms with E-state index in [0.29, 0.717) is 6.04 Å². The highest BCUT2D eigenvalue weighted by Crippen LogP contribution is 2.34. The second-order valence-electron chi connectivity index (χ2n) is 7.35. The van der Waals surface area contributed by atoms with Crippen molar-refractivity contribution < 1.29 is 9.53 Å². The number of alkyl carbamates (subject to hydrolysis) is 1. The molecule has 2 N–H and O–H groups in total. The third-order valence-corrected chi connectivity index (χ3v) is 4.45. The molecule has 0 aromatic rings. The summed E-state index contributed by atoms with van der Waals surface area (Å²) in [7, 11) is 0. The average molecular weight is 298 g/mol. The van der Waals surface area contributed by atoms with Gasteiger partial charge >= 0.3 is 6.09 Å². The Bertz CT molecular complexity index is 328. The Morgan fingerprint density at radius 3 is 2.14 bits per heavy atom. The lowest BCUT2D eigenvalue weighted by Gasteiger charge is -2.35. The topological polar surface area (TPSA) is 50.4 Å². The summed E-state index contributed by atoms with van der Waals surface area (Å²) in [6.07, 6.45) is 5.33. The molecule has 0 heterocycles. The van der Waals surface area contributed by atoms with Gasteiger partial charge in [-0.1, -0.05) is 20.8 Å². The quantitative estimate of drug-likeness (QED) is 0.715. The Morgan fingerprint density at radius 2 is 1.76 bits per heavy atom. The fourth-order valence-corrected chi connectivity index (χ4v) is 2.71. The van der Waals surface area contributed by atoms with E-state index in [9.17, 15) is 4.79 Å². The van der Waals surface area contributed by atoms with Crippen LogP contribution in [0.3, 0.4) is 0 Å². The highest BCUT2D eigenvalue weighted by Gasteiger charge is 2.34. The van der Waals surface area contributed by atoms with Crippen molar-refractivity contribution >= 4 is 6.09 Å². The molecule has 21 heavy (non-hydrogen) atoms.